The smallest absolute Gasteiger partial charge is 0.327 e. The Balaban J connectivity index is 1.30. The number of halogens is 1. The number of benzene rings is 2. The van der Waals surface area contributed by atoms with E-state index in [-0.39, 0.29) is 30.7 Å². The topological polar surface area (TPSA) is 87.2 Å². The van der Waals surface area contributed by atoms with E-state index in [0.717, 1.165) is 0 Å². The van der Waals surface area contributed by atoms with Gasteiger partial charge in [0.2, 0.25) is 5.91 Å². The number of carbonyl (C=O) groups is 4. The number of fused-ring (bicyclic) bond motifs is 1. The number of piperazine rings is 1. The first-order chi connectivity index (χ1) is 16.4. The van der Waals surface area contributed by atoms with E-state index in [1.807, 2.05) is 11.0 Å². The highest BCUT2D eigenvalue weighted by atomic mass is 35.5. The van der Waals surface area contributed by atoms with Gasteiger partial charge in [-0.2, -0.15) is 0 Å². The normalized spacial score (nSPS) is 17.0. The molecule has 1 saturated heterocycles. The molecule has 2 aliphatic rings. The average molecular weight is 484 g/mol. The van der Waals surface area contributed by atoms with Crippen LogP contribution in [-0.4, -0.2) is 78.2 Å². The lowest BCUT2D eigenvalue weighted by Crippen LogP contribution is -2.51. The van der Waals surface area contributed by atoms with E-state index in [2.05, 4.69) is 0 Å². The molecule has 3 amide bonds. The molecular weight excluding hydrogens is 458 g/mol. The summed E-state index contributed by atoms with van der Waals surface area (Å²) in [5.74, 6) is -1.05. The third kappa shape index (κ3) is 4.69. The summed E-state index contributed by atoms with van der Waals surface area (Å²) in [7, 11) is 1.35. The Morgan fingerprint density at radius 3 is 2.12 bits per heavy atom. The first kappa shape index (κ1) is 23.9. The fraction of sp³-hybridized carbons (Fsp3) is 0.360. The molecule has 178 valence electrons. The third-order valence-corrected chi connectivity index (χ3v) is 6.65. The van der Waals surface area contributed by atoms with Gasteiger partial charge in [0.15, 0.2) is 0 Å². The van der Waals surface area contributed by atoms with Crippen LogP contribution in [0, 0.1) is 0 Å². The molecule has 1 fully saturated rings. The van der Waals surface area contributed by atoms with Crippen molar-refractivity contribution in [2.75, 3.05) is 39.8 Å². The molecule has 8 nitrogen and oxygen atoms in total. The molecule has 2 aliphatic heterocycles. The largest absolute Gasteiger partial charge is 0.468 e. The average Bonchev–Trinajstić information content (AvgIpc) is 3.10. The van der Waals surface area contributed by atoms with Crippen molar-refractivity contribution in [2.24, 2.45) is 0 Å². The maximum absolute atomic E-state index is 12.8. The van der Waals surface area contributed by atoms with Crippen LogP contribution in [0.1, 0.15) is 45.2 Å². The molecule has 0 saturated carbocycles. The number of imide groups is 1. The number of hydrogen-bond donors (Lipinski definition) is 0. The standard InChI is InChI=1S/C25H26ClN3O5/c1-34-25(33)22(19-9-4-5-10-20(19)26)28-15-13-27(14-16-28)21(30)11-6-12-29-23(31)17-7-2-3-8-18(17)24(29)32/h2-5,7-10,22H,6,11-16H2,1H3/t22-/m0/s1. The van der Waals surface area contributed by atoms with E-state index in [0.29, 0.717) is 54.3 Å². The summed E-state index contributed by atoms with van der Waals surface area (Å²) in [6.07, 6.45) is 0.632. The SMILES string of the molecule is COC(=O)[C@H](c1ccccc1Cl)N1CCN(C(=O)CCCN2C(=O)c3ccccc3C2=O)CC1. The van der Waals surface area contributed by atoms with Crippen molar-refractivity contribution in [3.05, 3.63) is 70.2 Å². The summed E-state index contributed by atoms with van der Waals surface area (Å²) >= 11 is 6.33. The summed E-state index contributed by atoms with van der Waals surface area (Å²) in [6, 6.07) is 13.3. The zero-order chi connectivity index (χ0) is 24.2. The van der Waals surface area contributed by atoms with Gasteiger partial charge in [-0.05, 0) is 30.2 Å². The molecular formula is C25H26ClN3O5. The van der Waals surface area contributed by atoms with E-state index in [1.54, 1.807) is 47.4 Å². The van der Waals surface area contributed by atoms with Crippen LogP contribution in [0.4, 0.5) is 0 Å². The molecule has 2 aromatic rings. The molecule has 0 spiro atoms. The number of amides is 3. The summed E-state index contributed by atoms with van der Waals surface area (Å²) in [6.45, 7) is 2.12. The highest BCUT2D eigenvalue weighted by Crippen LogP contribution is 2.29. The second-order valence-corrected chi connectivity index (χ2v) is 8.68. The lowest BCUT2D eigenvalue weighted by Gasteiger charge is -2.38. The lowest BCUT2D eigenvalue weighted by molar-refractivity contribution is -0.148. The second kappa shape index (κ2) is 10.4. The Morgan fingerprint density at radius 1 is 0.941 bits per heavy atom. The molecule has 2 aromatic carbocycles. The minimum absolute atomic E-state index is 0.0383. The van der Waals surface area contributed by atoms with Crippen molar-refractivity contribution in [1.29, 1.82) is 0 Å². The Labute approximate surface area is 203 Å². The van der Waals surface area contributed by atoms with E-state index >= 15 is 0 Å². The van der Waals surface area contributed by atoms with E-state index in [9.17, 15) is 19.2 Å². The third-order valence-electron chi connectivity index (χ3n) is 6.31. The van der Waals surface area contributed by atoms with Crippen LogP contribution in [0.5, 0.6) is 0 Å². The predicted molar refractivity (Wildman–Crippen MR) is 125 cm³/mol. The van der Waals surface area contributed by atoms with Crippen LogP contribution in [0.3, 0.4) is 0 Å². The zero-order valence-electron chi connectivity index (χ0n) is 18.9. The number of carbonyl (C=O) groups excluding carboxylic acids is 4. The number of rotatable bonds is 7. The van der Waals surface area contributed by atoms with Gasteiger partial charge in [0, 0.05) is 44.2 Å². The maximum Gasteiger partial charge on any atom is 0.327 e. The first-order valence-corrected chi connectivity index (χ1v) is 11.6. The van der Waals surface area contributed by atoms with E-state index in [4.69, 9.17) is 16.3 Å². The van der Waals surface area contributed by atoms with Crippen LogP contribution < -0.4 is 0 Å². The molecule has 34 heavy (non-hydrogen) atoms. The molecule has 0 bridgehead atoms. The fourth-order valence-corrected chi connectivity index (χ4v) is 4.74. The van der Waals surface area contributed by atoms with Crippen molar-refractivity contribution < 1.29 is 23.9 Å². The minimum atomic E-state index is -0.634. The molecule has 0 aromatic heterocycles. The highest BCUT2D eigenvalue weighted by Gasteiger charge is 2.36. The van der Waals surface area contributed by atoms with Gasteiger partial charge in [0.05, 0.1) is 18.2 Å². The van der Waals surface area contributed by atoms with Crippen LogP contribution in [0.15, 0.2) is 48.5 Å². The van der Waals surface area contributed by atoms with Crippen LogP contribution in [0.2, 0.25) is 5.02 Å². The minimum Gasteiger partial charge on any atom is -0.468 e. The lowest BCUT2D eigenvalue weighted by atomic mass is 10.0. The van der Waals surface area contributed by atoms with Crippen molar-refractivity contribution in [2.45, 2.75) is 18.9 Å². The summed E-state index contributed by atoms with van der Waals surface area (Å²) < 4.78 is 5.01. The van der Waals surface area contributed by atoms with Crippen LogP contribution in [0.25, 0.3) is 0 Å². The summed E-state index contributed by atoms with van der Waals surface area (Å²) in [5.41, 5.74) is 1.50. The summed E-state index contributed by atoms with van der Waals surface area (Å²) in [4.78, 5) is 55.1. The molecule has 0 N–H and O–H groups in total. The molecule has 2 heterocycles. The van der Waals surface area contributed by atoms with E-state index < -0.39 is 12.0 Å². The monoisotopic (exact) mass is 483 g/mol. The van der Waals surface area contributed by atoms with Crippen LogP contribution in [-0.2, 0) is 14.3 Å². The molecule has 1 atom stereocenters. The number of hydrogen-bond acceptors (Lipinski definition) is 6. The highest BCUT2D eigenvalue weighted by molar-refractivity contribution is 6.31. The van der Waals surface area contributed by atoms with Gasteiger partial charge in [-0.3, -0.25) is 24.2 Å². The Hall–Kier alpha value is -3.23. The van der Waals surface area contributed by atoms with Crippen molar-refractivity contribution >= 4 is 35.3 Å². The second-order valence-electron chi connectivity index (χ2n) is 8.28. The number of methoxy groups -OCH3 is 1. The van der Waals surface area contributed by atoms with Gasteiger partial charge in [0.25, 0.3) is 11.8 Å². The van der Waals surface area contributed by atoms with Gasteiger partial charge in [-0.15, -0.1) is 0 Å². The molecule has 4 rings (SSSR count). The molecule has 9 heteroatoms. The first-order valence-electron chi connectivity index (χ1n) is 11.2. The predicted octanol–water partition coefficient (Wildman–Crippen LogP) is 2.77. The van der Waals surface area contributed by atoms with Crippen molar-refractivity contribution in [1.82, 2.24) is 14.7 Å². The van der Waals surface area contributed by atoms with Gasteiger partial charge in [0.1, 0.15) is 6.04 Å². The molecule has 0 unspecified atom stereocenters. The zero-order valence-corrected chi connectivity index (χ0v) is 19.7. The summed E-state index contributed by atoms with van der Waals surface area (Å²) in [5, 5.41) is 0.490. The van der Waals surface area contributed by atoms with Crippen molar-refractivity contribution in [3.63, 3.8) is 0 Å². The number of esters is 1. The van der Waals surface area contributed by atoms with Gasteiger partial charge in [-0.25, -0.2) is 4.79 Å². The van der Waals surface area contributed by atoms with Gasteiger partial charge >= 0.3 is 5.97 Å². The number of nitrogens with zero attached hydrogens (tertiary/aromatic N) is 3. The Morgan fingerprint density at radius 2 is 1.53 bits per heavy atom. The molecule has 0 radical (unpaired) electrons. The van der Waals surface area contributed by atoms with Gasteiger partial charge in [-0.1, -0.05) is 41.9 Å². The maximum atomic E-state index is 12.8. The van der Waals surface area contributed by atoms with Crippen LogP contribution >= 0.6 is 11.6 Å². The van der Waals surface area contributed by atoms with Gasteiger partial charge < -0.3 is 9.64 Å². The Kier molecular flexibility index (Phi) is 7.29. The van der Waals surface area contributed by atoms with Crippen molar-refractivity contribution in [3.8, 4) is 0 Å². The number of ether oxygens (including phenoxy) is 1. The Bertz CT molecular complexity index is 1080. The molecule has 0 aliphatic carbocycles. The van der Waals surface area contributed by atoms with E-state index in [1.165, 1.54) is 12.0 Å². The fourth-order valence-electron chi connectivity index (χ4n) is 4.50. The quantitative estimate of drug-likeness (QED) is 0.444.